The summed E-state index contributed by atoms with van der Waals surface area (Å²) in [6.45, 7) is 0. The van der Waals surface area contributed by atoms with Crippen molar-refractivity contribution in [2.75, 3.05) is 0 Å². The van der Waals surface area contributed by atoms with E-state index in [1.54, 1.807) is 4.68 Å². The summed E-state index contributed by atoms with van der Waals surface area (Å²) in [4.78, 5) is 11.3. The molecule has 0 radical (unpaired) electrons. The number of rotatable bonds is 5. The Bertz CT molecular complexity index is 582. The van der Waals surface area contributed by atoms with Gasteiger partial charge in [0, 0.05) is 0 Å². The number of para-hydroxylation sites is 1. The lowest BCUT2D eigenvalue weighted by Crippen LogP contribution is -2.19. The molecule has 1 saturated carbocycles. The number of tetrazole rings is 1. The van der Waals surface area contributed by atoms with E-state index in [1.165, 1.54) is 11.8 Å². The highest BCUT2D eigenvalue weighted by atomic mass is 32.2. The van der Waals surface area contributed by atoms with E-state index >= 15 is 0 Å². The van der Waals surface area contributed by atoms with Crippen LogP contribution in [0.5, 0.6) is 0 Å². The van der Waals surface area contributed by atoms with Gasteiger partial charge in [0.2, 0.25) is 5.16 Å². The van der Waals surface area contributed by atoms with Crippen molar-refractivity contribution in [1.82, 2.24) is 20.2 Å². The fourth-order valence-electron chi connectivity index (χ4n) is 1.84. The molecule has 1 fully saturated rings. The largest absolute Gasteiger partial charge is 0.480 e. The minimum Gasteiger partial charge on any atom is -0.480 e. The van der Waals surface area contributed by atoms with Crippen molar-refractivity contribution in [2.45, 2.75) is 23.2 Å². The molecule has 3 rings (SSSR count). The van der Waals surface area contributed by atoms with Crippen molar-refractivity contribution in [2.24, 2.45) is 5.92 Å². The quantitative estimate of drug-likeness (QED) is 0.836. The number of hydrogen-bond acceptors (Lipinski definition) is 5. The maximum atomic E-state index is 11.3. The molecule has 0 saturated heterocycles. The minimum atomic E-state index is -0.796. The molecule has 0 spiro atoms. The van der Waals surface area contributed by atoms with Gasteiger partial charge in [-0.25, -0.2) is 0 Å². The molecule has 1 aromatic carbocycles. The van der Waals surface area contributed by atoms with Crippen LogP contribution in [0.2, 0.25) is 0 Å². The van der Waals surface area contributed by atoms with Gasteiger partial charge in [-0.05, 0) is 41.3 Å². The highest BCUT2D eigenvalue weighted by Gasteiger charge is 2.38. The second kappa shape index (κ2) is 5.00. The third kappa shape index (κ3) is 2.60. The number of hydrogen-bond donors (Lipinski definition) is 1. The lowest BCUT2D eigenvalue weighted by molar-refractivity contribution is -0.136. The number of thioether (sulfide) groups is 1. The van der Waals surface area contributed by atoms with Crippen molar-refractivity contribution in [3.8, 4) is 5.69 Å². The summed E-state index contributed by atoms with van der Waals surface area (Å²) in [6, 6.07) is 9.45. The first-order chi connectivity index (χ1) is 9.25. The summed E-state index contributed by atoms with van der Waals surface area (Å²) in [5.74, 6) is -0.557. The van der Waals surface area contributed by atoms with Gasteiger partial charge >= 0.3 is 5.97 Å². The number of aromatic nitrogens is 4. The molecule has 7 heteroatoms. The monoisotopic (exact) mass is 276 g/mol. The zero-order valence-electron chi connectivity index (χ0n) is 10.0. The van der Waals surface area contributed by atoms with Gasteiger partial charge in [0.15, 0.2) is 0 Å². The molecule has 1 aliphatic rings. The number of carbonyl (C=O) groups is 1. The molecule has 1 N–H and O–H groups in total. The molecule has 0 aliphatic heterocycles. The Balaban J connectivity index is 1.86. The van der Waals surface area contributed by atoms with Crippen molar-refractivity contribution < 1.29 is 9.90 Å². The van der Waals surface area contributed by atoms with Crippen molar-refractivity contribution in [3.63, 3.8) is 0 Å². The lowest BCUT2D eigenvalue weighted by Gasteiger charge is -2.10. The summed E-state index contributed by atoms with van der Waals surface area (Å²) in [5, 5.41) is 20.8. The molecule has 6 nitrogen and oxygen atoms in total. The van der Waals surface area contributed by atoms with Crippen LogP contribution in [-0.4, -0.2) is 36.5 Å². The minimum absolute atomic E-state index is 0.239. The Morgan fingerprint density at radius 1 is 1.37 bits per heavy atom. The van der Waals surface area contributed by atoms with Crippen LogP contribution in [0.3, 0.4) is 0 Å². The molecule has 2 aromatic rings. The van der Waals surface area contributed by atoms with Crippen molar-refractivity contribution >= 4 is 17.7 Å². The fourth-order valence-corrected chi connectivity index (χ4v) is 2.96. The Kier molecular flexibility index (Phi) is 3.20. The zero-order valence-corrected chi connectivity index (χ0v) is 10.8. The second-order valence-corrected chi connectivity index (χ2v) is 5.53. The average molecular weight is 276 g/mol. The van der Waals surface area contributed by atoms with E-state index in [9.17, 15) is 9.90 Å². The lowest BCUT2D eigenvalue weighted by atomic mass is 10.3. The van der Waals surface area contributed by atoms with Crippen LogP contribution in [0, 0.1) is 5.92 Å². The van der Waals surface area contributed by atoms with Crippen molar-refractivity contribution in [3.05, 3.63) is 30.3 Å². The topological polar surface area (TPSA) is 80.9 Å². The Hall–Kier alpha value is -1.89. The summed E-state index contributed by atoms with van der Waals surface area (Å²) in [6.07, 6.45) is 1.94. The van der Waals surface area contributed by atoms with Crippen LogP contribution in [0.1, 0.15) is 12.8 Å². The standard InChI is InChI=1S/C12H12N4O2S/c17-11(18)10(8-6-7-8)19-12-13-14-15-16(12)9-4-2-1-3-5-9/h1-5,8,10H,6-7H2,(H,17,18). The summed E-state index contributed by atoms with van der Waals surface area (Å²) in [5.41, 5.74) is 0.829. The summed E-state index contributed by atoms with van der Waals surface area (Å²) >= 11 is 1.22. The van der Waals surface area contributed by atoms with E-state index in [0.717, 1.165) is 18.5 Å². The van der Waals surface area contributed by atoms with Crippen LogP contribution in [-0.2, 0) is 4.79 Å². The normalized spacial score (nSPS) is 16.2. The van der Waals surface area contributed by atoms with E-state index in [4.69, 9.17) is 0 Å². The molecule has 98 valence electrons. The molecule has 1 aliphatic carbocycles. The Morgan fingerprint density at radius 2 is 2.11 bits per heavy atom. The Morgan fingerprint density at radius 3 is 2.74 bits per heavy atom. The predicted molar refractivity (Wildman–Crippen MR) is 69.2 cm³/mol. The van der Waals surface area contributed by atoms with Gasteiger partial charge in [-0.2, -0.15) is 4.68 Å². The SMILES string of the molecule is O=C(O)C(Sc1nnnn1-c1ccccc1)C1CC1. The van der Waals surface area contributed by atoms with E-state index in [1.807, 2.05) is 30.3 Å². The predicted octanol–water partition coefficient (Wildman–Crippen LogP) is 1.62. The third-order valence-electron chi connectivity index (χ3n) is 2.97. The molecule has 19 heavy (non-hydrogen) atoms. The van der Waals surface area contributed by atoms with E-state index in [2.05, 4.69) is 15.5 Å². The molecule has 0 bridgehead atoms. The molecule has 0 amide bonds. The van der Waals surface area contributed by atoms with E-state index in [0.29, 0.717) is 5.16 Å². The first-order valence-electron chi connectivity index (χ1n) is 5.99. The van der Waals surface area contributed by atoms with Gasteiger partial charge in [-0.3, -0.25) is 4.79 Å². The second-order valence-electron chi connectivity index (χ2n) is 4.42. The summed E-state index contributed by atoms with van der Waals surface area (Å²) < 4.78 is 1.57. The third-order valence-corrected chi connectivity index (χ3v) is 4.27. The van der Waals surface area contributed by atoms with E-state index in [-0.39, 0.29) is 5.92 Å². The number of nitrogens with zero attached hydrogens (tertiary/aromatic N) is 4. The number of carboxylic acids is 1. The Labute approximate surface area is 113 Å². The van der Waals surface area contributed by atoms with Crippen LogP contribution < -0.4 is 0 Å². The van der Waals surface area contributed by atoms with Crippen LogP contribution in [0.4, 0.5) is 0 Å². The maximum Gasteiger partial charge on any atom is 0.317 e. The van der Waals surface area contributed by atoms with E-state index < -0.39 is 11.2 Å². The molecular formula is C12H12N4O2S. The highest BCUT2D eigenvalue weighted by Crippen LogP contribution is 2.41. The molecule has 1 heterocycles. The van der Waals surface area contributed by atoms with Gasteiger partial charge in [-0.1, -0.05) is 30.0 Å². The number of benzene rings is 1. The van der Waals surface area contributed by atoms with Crippen LogP contribution in [0.25, 0.3) is 5.69 Å². The van der Waals surface area contributed by atoms with Gasteiger partial charge in [0.05, 0.1) is 5.69 Å². The summed E-state index contributed by atoms with van der Waals surface area (Å²) in [7, 11) is 0. The van der Waals surface area contributed by atoms with Gasteiger partial charge in [-0.15, -0.1) is 5.10 Å². The number of carboxylic acid groups (broad SMARTS) is 1. The zero-order chi connectivity index (χ0) is 13.2. The van der Waals surface area contributed by atoms with Crippen LogP contribution >= 0.6 is 11.8 Å². The molecule has 1 atom stereocenters. The molecule has 1 unspecified atom stereocenters. The first-order valence-corrected chi connectivity index (χ1v) is 6.87. The average Bonchev–Trinajstić information content (AvgIpc) is 3.15. The van der Waals surface area contributed by atoms with Gasteiger partial charge < -0.3 is 5.11 Å². The smallest absolute Gasteiger partial charge is 0.317 e. The maximum absolute atomic E-state index is 11.3. The fraction of sp³-hybridized carbons (Fsp3) is 0.333. The molecular weight excluding hydrogens is 264 g/mol. The van der Waals surface area contributed by atoms with Crippen LogP contribution in [0.15, 0.2) is 35.5 Å². The molecule has 1 aromatic heterocycles. The van der Waals surface area contributed by atoms with Gasteiger partial charge in [0.25, 0.3) is 0 Å². The van der Waals surface area contributed by atoms with Gasteiger partial charge in [0.1, 0.15) is 5.25 Å². The first kappa shape index (κ1) is 12.2. The van der Waals surface area contributed by atoms with Crippen molar-refractivity contribution in [1.29, 1.82) is 0 Å². The number of aliphatic carboxylic acids is 1. The highest BCUT2D eigenvalue weighted by molar-refractivity contribution is 8.00.